The van der Waals surface area contributed by atoms with E-state index < -0.39 is 0 Å². The van der Waals surface area contributed by atoms with Crippen LogP contribution in [0.5, 0.6) is 0 Å². The first kappa shape index (κ1) is 14.2. The Morgan fingerprint density at radius 3 is 2.65 bits per heavy atom. The number of rotatable bonds is 5. The van der Waals surface area contributed by atoms with E-state index in [9.17, 15) is 4.79 Å². The maximum atomic E-state index is 11.7. The van der Waals surface area contributed by atoms with Crippen LogP contribution in [0.1, 0.15) is 59.8 Å². The van der Waals surface area contributed by atoms with Gasteiger partial charge in [-0.05, 0) is 51.9 Å². The van der Waals surface area contributed by atoms with Gasteiger partial charge in [0.15, 0.2) is 0 Å². The second-order valence-electron chi connectivity index (χ2n) is 5.96. The van der Waals surface area contributed by atoms with Gasteiger partial charge in [-0.1, -0.05) is 31.1 Å². The van der Waals surface area contributed by atoms with E-state index in [0.29, 0.717) is 11.7 Å². The van der Waals surface area contributed by atoms with Gasteiger partial charge in [0.2, 0.25) is 0 Å². The molecule has 1 aliphatic carbocycles. The number of Topliss-reactive ketones (excluding diaryl/α,β-unsaturated/α-hetero) is 1. The molecule has 0 N–H and O–H groups in total. The molecule has 0 spiro atoms. The molecule has 17 heavy (non-hydrogen) atoms. The molecule has 1 rings (SSSR count). The van der Waals surface area contributed by atoms with E-state index in [2.05, 4.69) is 33.4 Å². The van der Waals surface area contributed by atoms with Crippen LogP contribution in [0.25, 0.3) is 0 Å². The minimum Gasteiger partial charge on any atom is -0.299 e. The summed E-state index contributed by atoms with van der Waals surface area (Å²) in [5.74, 6) is 0.812. The summed E-state index contributed by atoms with van der Waals surface area (Å²) in [5.41, 5.74) is 2.68. The van der Waals surface area contributed by atoms with Crippen LogP contribution < -0.4 is 0 Å². The highest BCUT2D eigenvalue weighted by molar-refractivity contribution is 5.82. The first-order valence-electron chi connectivity index (χ1n) is 6.69. The number of carbonyl (C=O) groups is 1. The molecule has 1 heteroatoms. The fraction of sp³-hybridized carbons (Fsp3) is 0.688. The molecule has 0 aliphatic heterocycles. The predicted molar refractivity (Wildman–Crippen MR) is 73.9 cm³/mol. The van der Waals surface area contributed by atoms with Gasteiger partial charge in [0.1, 0.15) is 5.78 Å². The van der Waals surface area contributed by atoms with E-state index in [0.717, 1.165) is 19.3 Å². The van der Waals surface area contributed by atoms with Gasteiger partial charge in [-0.15, -0.1) is 6.58 Å². The standard InChI is InChI=1S/C16H26O/c1-12(2)7-6-8-15-9-10-16(5,14(4)17)13(3)11-15/h9,13H,1,6-8,10-11H2,2-5H3. The Morgan fingerprint density at radius 2 is 2.18 bits per heavy atom. The fourth-order valence-electron chi connectivity index (χ4n) is 2.57. The zero-order valence-electron chi connectivity index (χ0n) is 11.8. The van der Waals surface area contributed by atoms with Crippen molar-refractivity contribution in [2.24, 2.45) is 11.3 Å². The average molecular weight is 234 g/mol. The van der Waals surface area contributed by atoms with E-state index in [1.54, 1.807) is 6.92 Å². The van der Waals surface area contributed by atoms with Crippen molar-refractivity contribution in [1.29, 1.82) is 0 Å². The third-order valence-corrected chi connectivity index (χ3v) is 4.38. The van der Waals surface area contributed by atoms with E-state index in [-0.39, 0.29) is 5.41 Å². The van der Waals surface area contributed by atoms with E-state index >= 15 is 0 Å². The second kappa shape index (κ2) is 5.66. The maximum absolute atomic E-state index is 11.7. The van der Waals surface area contributed by atoms with Gasteiger partial charge in [0.25, 0.3) is 0 Å². The molecule has 0 aromatic heterocycles. The molecule has 0 amide bonds. The minimum atomic E-state index is -0.127. The first-order valence-corrected chi connectivity index (χ1v) is 6.69. The molecule has 0 aromatic rings. The normalized spacial score (nSPS) is 28.7. The predicted octanol–water partition coefficient (Wildman–Crippen LogP) is 4.68. The molecule has 1 aliphatic rings. The van der Waals surface area contributed by atoms with Crippen LogP contribution in [-0.2, 0) is 4.79 Å². The summed E-state index contributed by atoms with van der Waals surface area (Å²) in [5, 5.41) is 0. The van der Waals surface area contributed by atoms with Crippen molar-refractivity contribution in [1.82, 2.24) is 0 Å². The lowest BCUT2D eigenvalue weighted by molar-refractivity contribution is -0.128. The topological polar surface area (TPSA) is 17.1 Å². The Labute approximate surface area is 106 Å². The van der Waals surface area contributed by atoms with E-state index in [4.69, 9.17) is 0 Å². The van der Waals surface area contributed by atoms with Crippen molar-refractivity contribution in [2.75, 3.05) is 0 Å². The lowest BCUT2D eigenvalue weighted by Gasteiger charge is -2.37. The Hall–Kier alpha value is -0.850. The van der Waals surface area contributed by atoms with Gasteiger partial charge in [-0.2, -0.15) is 0 Å². The van der Waals surface area contributed by atoms with Gasteiger partial charge in [0, 0.05) is 5.41 Å². The van der Waals surface area contributed by atoms with Crippen molar-refractivity contribution in [3.05, 3.63) is 23.8 Å². The SMILES string of the molecule is C=C(C)CCCC1=CCC(C)(C(C)=O)C(C)C1. The molecule has 2 unspecified atom stereocenters. The van der Waals surface area contributed by atoms with Gasteiger partial charge in [-0.3, -0.25) is 4.79 Å². The summed E-state index contributed by atoms with van der Waals surface area (Å²) in [4.78, 5) is 11.7. The summed E-state index contributed by atoms with van der Waals surface area (Å²) in [6, 6.07) is 0. The van der Waals surface area contributed by atoms with Gasteiger partial charge in [0.05, 0.1) is 0 Å². The number of ketones is 1. The molecular weight excluding hydrogens is 208 g/mol. The number of carbonyl (C=O) groups excluding carboxylic acids is 1. The lowest BCUT2D eigenvalue weighted by atomic mass is 9.66. The second-order valence-corrected chi connectivity index (χ2v) is 5.96. The van der Waals surface area contributed by atoms with E-state index in [1.165, 1.54) is 24.0 Å². The van der Waals surface area contributed by atoms with Crippen molar-refractivity contribution >= 4 is 5.78 Å². The van der Waals surface area contributed by atoms with Crippen LogP contribution in [0, 0.1) is 11.3 Å². The largest absolute Gasteiger partial charge is 0.299 e. The van der Waals surface area contributed by atoms with Crippen molar-refractivity contribution in [3.8, 4) is 0 Å². The molecule has 0 bridgehead atoms. The van der Waals surface area contributed by atoms with Crippen LogP contribution >= 0.6 is 0 Å². The van der Waals surface area contributed by atoms with Crippen molar-refractivity contribution < 1.29 is 4.79 Å². The molecule has 0 heterocycles. The highest BCUT2D eigenvalue weighted by atomic mass is 16.1. The Bertz CT molecular complexity index is 337. The molecule has 0 fully saturated rings. The van der Waals surface area contributed by atoms with Crippen molar-refractivity contribution in [3.63, 3.8) is 0 Å². The smallest absolute Gasteiger partial charge is 0.136 e. The molecular formula is C16H26O. The zero-order valence-corrected chi connectivity index (χ0v) is 11.8. The molecule has 2 atom stereocenters. The molecule has 0 radical (unpaired) electrons. The Kier molecular flexibility index (Phi) is 4.73. The molecule has 0 aromatic carbocycles. The van der Waals surface area contributed by atoms with E-state index in [1.807, 2.05) is 0 Å². The fourth-order valence-corrected chi connectivity index (χ4v) is 2.57. The monoisotopic (exact) mass is 234 g/mol. The number of hydrogen-bond donors (Lipinski definition) is 0. The average Bonchev–Trinajstić information content (AvgIpc) is 2.22. The molecule has 1 nitrogen and oxygen atoms in total. The van der Waals surface area contributed by atoms with Crippen LogP contribution in [-0.4, -0.2) is 5.78 Å². The summed E-state index contributed by atoms with van der Waals surface area (Å²) in [6.45, 7) is 12.1. The quantitative estimate of drug-likeness (QED) is 0.631. The summed E-state index contributed by atoms with van der Waals surface area (Å²) < 4.78 is 0. The Balaban J connectivity index is 2.55. The minimum absolute atomic E-state index is 0.127. The molecule has 0 saturated heterocycles. The molecule has 96 valence electrons. The summed E-state index contributed by atoms with van der Waals surface area (Å²) in [6.07, 6.45) is 7.81. The Morgan fingerprint density at radius 1 is 1.53 bits per heavy atom. The highest BCUT2D eigenvalue weighted by Gasteiger charge is 2.37. The van der Waals surface area contributed by atoms with Crippen LogP contribution in [0.15, 0.2) is 23.8 Å². The van der Waals surface area contributed by atoms with Crippen molar-refractivity contribution in [2.45, 2.75) is 59.8 Å². The first-order chi connectivity index (χ1) is 7.86. The van der Waals surface area contributed by atoms with Gasteiger partial charge in [-0.25, -0.2) is 0 Å². The third-order valence-electron chi connectivity index (χ3n) is 4.38. The van der Waals surface area contributed by atoms with Crippen LogP contribution in [0.3, 0.4) is 0 Å². The van der Waals surface area contributed by atoms with Gasteiger partial charge >= 0.3 is 0 Å². The summed E-state index contributed by atoms with van der Waals surface area (Å²) in [7, 11) is 0. The van der Waals surface area contributed by atoms with Gasteiger partial charge < -0.3 is 0 Å². The molecule has 0 saturated carbocycles. The number of allylic oxidation sites excluding steroid dienone is 3. The highest BCUT2D eigenvalue weighted by Crippen LogP contribution is 2.41. The third kappa shape index (κ3) is 3.55. The lowest BCUT2D eigenvalue weighted by Crippen LogP contribution is -2.35. The van der Waals surface area contributed by atoms with Crippen LogP contribution in [0.2, 0.25) is 0 Å². The zero-order chi connectivity index (χ0) is 13.1. The summed E-state index contributed by atoms with van der Waals surface area (Å²) >= 11 is 0. The van der Waals surface area contributed by atoms with Crippen LogP contribution in [0.4, 0.5) is 0 Å². The number of hydrogen-bond acceptors (Lipinski definition) is 1. The maximum Gasteiger partial charge on any atom is 0.136 e.